The Morgan fingerprint density at radius 1 is 0.581 bits per heavy atom. The van der Waals surface area contributed by atoms with Crippen molar-refractivity contribution in [3.63, 3.8) is 0 Å². The van der Waals surface area contributed by atoms with Crippen molar-refractivity contribution in [2.75, 3.05) is 68.3 Å². The third kappa shape index (κ3) is 8.41. The largest absolute Gasteiger partial charge is 0.493 e. The van der Waals surface area contributed by atoms with Crippen LogP contribution in [0.3, 0.4) is 0 Å². The second kappa shape index (κ2) is 19.3. The number of rotatable bonds is 12. The molecule has 13 nitrogen and oxygen atoms in total. The first kappa shape index (κ1) is 44.7. The molecule has 0 radical (unpaired) electrons. The van der Waals surface area contributed by atoms with E-state index < -0.39 is 23.9 Å². The van der Waals surface area contributed by atoms with Crippen molar-refractivity contribution < 1.29 is 38.0 Å². The zero-order valence-electron chi connectivity index (χ0n) is 36.3. The van der Waals surface area contributed by atoms with Gasteiger partial charge in [0.2, 0.25) is 23.3 Å². The van der Waals surface area contributed by atoms with E-state index in [4.69, 9.17) is 28.4 Å². The molecule has 62 heavy (non-hydrogen) atoms. The van der Waals surface area contributed by atoms with Crippen LogP contribution in [0.15, 0.2) is 67.9 Å². The molecule has 1 aliphatic heterocycles. The Hall–Kier alpha value is -5.38. The van der Waals surface area contributed by atoms with Crippen LogP contribution in [0, 0.1) is 11.8 Å². The quantitative estimate of drug-likeness (QED) is 0.135. The first-order valence-corrected chi connectivity index (χ1v) is 22.9. The maximum Gasteiger partial charge on any atom is 0.224 e. The maximum absolute atomic E-state index is 14.4. The average molecular weight is 884 g/mol. The second-order valence-electron chi connectivity index (χ2n) is 15.4. The molecule has 0 bridgehead atoms. The number of hydrogen-bond donors (Lipinski definition) is 3. The number of carbonyl (C=O) groups excluding carboxylic acids is 2. The fourth-order valence-electron chi connectivity index (χ4n) is 9.15. The van der Waals surface area contributed by atoms with Gasteiger partial charge in [0.05, 0.1) is 76.4 Å². The molecule has 1 unspecified atom stereocenters. The Morgan fingerprint density at radius 2 is 0.984 bits per heavy atom. The van der Waals surface area contributed by atoms with Gasteiger partial charge in [0.25, 0.3) is 0 Å². The lowest BCUT2D eigenvalue weighted by atomic mass is 9.88. The summed E-state index contributed by atoms with van der Waals surface area (Å²) in [5, 5.41) is 9.91. The predicted molar refractivity (Wildman–Crippen MR) is 242 cm³/mol. The van der Waals surface area contributed by atoms with Crippen molar-refractivity contribution in [1.82, 2.24) is 16.0 Å². The number of thioether (sulfide) groups is 2. The lowest BCUT2D eigenvalue weighted by molar-refractivity contribution is -0.130. The molecule has 2 amide bonds. The number of nitrogens with one attached hydrogen (secondary N) is 3. The van der Waals surface area contributed by atoms with Crippen LogP contribution < -0.4 is 55.2 Å². The number of ether oxygens (including phenoxy) is 6. The summed E-state index contributed by atoms with van der Waals surface area (Å²) in [6.07, 6.45) is 6.10. The Labute approximate surface area is 369 Å². The summed E-state index contributed by atoms with van der Waals surface area (Å²) in [6, 6.07) is 13.5. The third-order valence-corrected chi connectivity index (χ3v) is 13.7. The minimum Gasteiger partial charge on any atom is -0.493 e. The SMILES string of the molecule is COc1cc2c(c(OC)c1OC)-c1ccc(SC)c(=O)cc1[C@@H](NC(=O)C1CNC[C@@H](C(=O)N[C@H]3CCc4cc(OC)c(OC)c(OC)c4-c4ccc(SC)c(=O)cc43)C1)CC2. The van der Waals surface area contributed by atoms with Crippen molar-refractivity contribution in [3.8, 4) is 56.8 Å². The van der Waals surface area contributed by atoms with Crippen molar-refractivity contribution in [2.45, 2.75) is 54.0 Å². The molecule has 0 saturated carbocycles. The molecule has 4 aromatic carbocycles. The van der Waals surface area contributed by atoms with Gasteiger partial charge in [-0.05, 0) is 114 Å². The number of piperidine rings is 1. The van der Waals surface area contributed by atoms with Gasteiger partial charge >= 0.3 is 0 Å². The third-order valence-electron chi connectivity index (χ3n) is 12.2. The number of amides is 2. The van der Waals surface area contributed by atoms with Gasteiger partial charge in [0, 0.05) is 24.2 Å². The maximum atomic E-state index is 14.4. The summed E-state index contributed by atoms with van der Waals surface area (Å²) >= 11 is 2.71. The Bertz CT molecular complexity index is 2350. The van der Waals surface area contributed by atoms with E-state index in [-0.39, 0.29) is 22.7 Å². The highest BCUT2D eigenvalue weighted by Gasteiger charge is 2.36. The van der Waals surface area contributed by atoms with E-state index in [2.05, 4.69) is 16.0 Å². The number of methoxy groups -OCH3 is 6. The fraction of sp³-hybridized carbons (Fsp3) is 0.404. The molecule has 4 aromatic rings. The highest BCUT2D eigenvalue weighted by Crippen LogP contribution is 2.52. The van der Waals surface area contributed by atoms with Gasteiger partial charge in [0.1, 0.15) is 0 Å². The summed E-state index contributed by atoms with van der Waals surface area (Å²) in [5.41, 5.74) is 5.94. The van der Waals surface area contributed by atoms with E-state index in [1.807, 2.05) is 36.8 Å². The molecule has 4 atom stereocenters. The molecule has 7 rings (SSSR count). The molecular formula is C47H53N3O10S2. The number of fused-ring (bicyclic) bond motifs is 6. The van der Waals surface area contributed by atoms with Crippen LogP contribution in [0.2, 0.25) is 0 Å². The first-order chi connectivity index (χ1) is 30.0. The predicted octanol–water partition coefficient (Wildman–Crippen LogP) is 6.37. The van der Waals surface area contributed by atoms with E-state index >= 15 is 0 Å². The van der Waals surface area contributed by atoms with Gasteiger partial charge < -0.3 is 44.4 Å². The van der Waals surface area contributed by atoms with Gasteiger partial charge in [-0.3, -0.25) is 19.2 Å². The summed E-state index contributed by atoms with van der Waals surface area (Å²) in [6.45, 7) is 0.753. The summed E-state index contributed by atoms with van der Waals surface area (Å²) in [5.74, 6) is 1.33. The molecular weight excluding hydrogens is 831 g/mol. The van der Waals surface area contributed by atoms with E-state index in [1.54, 1.807) is 66.9 Å². The van der Waals surface area contributed by atoms with Crippen LogP contribution in [0.25, 0.3) is 22.3 Å². The van der Waals surface area contributed by atoms with Crippen LogP contribution in [0.4, 0.5) is 0 Å². The van der Waals surface area contributed by atoms with Crippen molar-refractivity contribution in [2.24, 2.45) is 11.8 Å². The second-order valence-corrected chi connectivity index (χ2v) is 17.1. The molecule has 1 heterocycles. The van der Waals surface area contributed by atoms with Crippen molar-refractivity contribution >= 4 is 35.3 Å². The number of carbonyl (C=O) groups is 2. The van der Waals surface area contributed by atoms with Gasteiger partial charge in [-0.15, -0.1) is 23.5 Å². The van der Waals surface area contributed by atoms with Gasteiger partial charge in [-0.1, -0.05) is 12.1 Å². The molecule has 3 aliphatic rings. The molecule has 15 heteroatoms. The van der Waals surface area contributed by atoms with E-state index in [9.17, 15) is 19.2 Å². The molecule has 0 spiro atoms. The van der Waals surface area contributed by atoms with E-state index in [1.165, 1.54) is 23.5 Å². The zero-order chi connectivity index (χ0) is 44.2. The number of aryl methyl sites for hydroxylation is 2. The lowest BCUT2D eigenvalue weighted by Crippen LogP contribution is -2.49. The van der Waals surface area contributed by atoms with Crippen LogP contribution >= 0.6 is 23.5 Å². The van der Waals surface area contributed by atoms with Crippen LogP contribution in [0.1, 0.15) is 53.6 Å². The topological polar surface area (TPSA) is 160 Å². The van der Waals surface area contributed by atoms with E-state index in [0.717, 1.165) is 33.4 Å². The summed E-state index contributed by atoms with van der Waals surface area (Å²) in [7, 11) is 9.39. The van der Waals surface area contributed by atoms with Gasteiger partial charge in [0.15, 0.2) is 33.9 Å². The van der Waals surface area contributed by atoms with Crippen LogP contribution in [0.5, 0.6) is 34.5 Å². The Balaban J connectivity index is 1.17. The van der Waals surface area contributed by atoms with Crippen molar-refractivity contribution in [3.05, 3.63) is 91.2 Å². The van der Waals surface area contributed by atoms with Crippen molar-refractivity contribution in [1.29, 1.82) is 0 Å². The fourth-order valence-corrected chi connectivity index (χ4v) is 10.1. The zero-order valence-corrected chi connectivity index (χ0v) is 37.9. The highest BCUT2D eigenvalue weighted by molar-refractivity contribution is 7.98. The average Bonchev–Trinajstić information content (AvgIpc) is 3.69. The Kier molecular flexibility index (Phi) is 13.9. The number of benzene rings is 2. The molecule has 1 saturated heterocycles. The normalized spacial score (nSPS) is 18.8. The highest BCUT2D eigenvalue weighted by atomic mass is 32.2. The molecule has 2 aliphatic carbocycles. The molecule has 328 valence electrons. The lowest BCUT2D eigenvalue weighted by Gasteiger charge is -2.31. The number of hydrogen-bond acceptors (Lipinski definition) is 13. The smallest absolute Gasteiger partial charge is 0.224 e. The molecule has 0 aromatic heterocycles. The molecule has 3 N–H and O–H groups in total. The van der Waals surface area contributed by atoms with Crippen LogP contribution in [-0.4, -0.2) is 80.1 Å². The Morgan fingerprint density at radius 3 is 1.34 bits per heavy atom. The van der Waals surface area contributed by atoms with Gasteiger partial charge in [-0.2, -0.15) is 0 Å². The molecule has 1 fully saturated rings. The first-order valence-electron chi connectivity index (χ1n) is 20.4. The minimum atomic E-state index is -0.542. The summed E-state index contributed by atoms with van der Waals surface area (Å²) in [4.78, 5) is 57.0. The summed E-state index contributed by atoms with van der Waals surface area (Å²) < 4.78 is 34.8. The van der Waals surface area contributed by atoms with Gasteiger partial charge in [-0.25, -0.2) is 0 Å². The van der Waals surface area contributed by atoms with Crippen LogP contribution in [-0.2, 0) is 22.4 Å². The standard InChI is InChI=1S/C47H53N3O10S2/c1-55-36-18-24-9-13-32(30-20-34(51)38(61-7)15-11-28(30)40(24)44(59-5)42(36)57-3)49-46(53)26-17-27(23-48-22-26)47(54)50-33-14-10-25-19-37(56-2)43(58-4)45(60-6)41(25)29-12-16-39(62-8)35(52)21-31(29)33/h11-12,15-16,18-21,26-27,32-33,48H,9-10,13-14,17,22-23H2,1-8H3,(H,49,53)(H,50,54)/t26-,27?,32-,33-/m0/s1. The monoisotopic (exact) mass is 883 g/mol. The minimum absolute atomic E-state index is 0.153. The van der Waals surface area contributed by atoms with E-state index in [0.29, 0.717) is 101 Å².